The van der Waals surface area contributed by atoms with Crippen molar-refractivity contribution in [3.8, 4) is 5.75 Å². The van der Waals surface area contributed by atoms with E-state index in [0.717, 1.165) is 12.1 Å². The number of carbonyl (C=O) groups excluding carboxylic acids is 2. The van der Waals surface area contributed by atoms with Gasteiger partial charge in [0.2, 0.25) is 0 Å². The quantitative estimate of drug-likeness (QED) is 0.735. The molecular weight excluding hydrogens is 356 g/mol. The van der Waals surface area contributed by atoms with Gasteiger partial charge in [-0.15, -0.1) is 0 Å². The number of piperidine rings is 1. The van der Waals surface area contributed by atoms with Crippen molar-refractivity contribution in [2.75, 3.05) is 6.54 Å². The van der Waals surface area contributed by atoms with Crippen LogP contribution in [0.2, 0.25) is 0 Å². The van der Waals surface area contributed by atoms with Crippen LogP contribution in [0.3, 0.4) is 0 Å². The molecule has 3 fully saturated rings. The molecule has 150 valence electrons. The maximum Gasteiger partial charge on any atom is 0.252 e. The van der Waals surface area contributed by atoms with Crippen LogP contribution >= 0.6 is 0 Å². The number of likely N-dealkylation sites (tertiary alicyclic amines) is 1. The zero-order valence-electron chi connectivity index (χ0n) is 16.3. The number of hydrogen-bond acceptors (Lipinski definition) is 5. The summed E-state index contributed by atoms with van der Waals surface area (Å²) in [6, 6.07) is 3.77. The van der Waals surface area contributed by atoms with Gasteiger partial charge in [0.25, 0.3) is 5.91 Å². The third kappa shape index (κ3) is 2.22. The molecule has 1 heterocycles. The zero-order valence-corrected chi connectivity index (χ0v) is 16.3. The molecule has 1 aromatic carbocycles. The van der Waals surface area contributed by atoms with E-state index >= 15 is 0 Å². The van der Waals surface area contributed by atoms with E-state index < -0.39 is 16.9 Å². The summed E-state index contributed by atoms with van der Waals surface area (Å²) in [6.07, 6.45) is 4.69. The number of aromatic hydroxyl groups is 1. The van der Waals surface area contributed by atoms with Crippen LogP contribution in [0.5, 0.6) is 5.75 Å². The first-order valence-corrected chi connectivity index (χ1v) is 10.4. The zero-order chi connectivity index (χ0) is 19.8. The number of fused-ring (bicyclic) bond motifs is 1. The lowest BCUT2D eigenvalue weighted by Crippen LogP contribution is -2.74. The number of rotatable bonds is 3. The van der Waals surface area contributed by atoms with E-state index in [0.29, 0.717) is 43.2 Å². The predicted molar refractivity (Wildman–Crippen MR) is 103 cm³/mol. The van der Waals surface area contributed by atoms with Crippen LogP contribution in [-0.4, -0.2) is 51.0 Å². The Kier molecular flexibility index (Phi) is 3.75. The fraction of sp³-hybridized carbons (Fsp3) is 0.636. The largest absolute Gasteiger partial charge is 0.507 e. The molecule has 4 atom stereocenters. The highest BCUT2D eigenvalue weighted by atomic mass is 16.3. The molecule has 3 aliphatic carbocycles. The van der Waals surface area contributed by atoms with E-state index in [-0.39, 0.29) is 29.6 Å². The molecule has 1 saturated heterocycles. The number of Topliss-reactive ketones (excluding diaryl/α,β-unsaturated/α-hetero) is 1. The Morgan fingerprint density at radius 3 is 2.75 bits per heavy atom. The molecule has 5 rings (SSSR count). The van der Waals surface area contributed by atoms with Crippen molar-refractivity contribution in [3.05, 3.63) is 28.8 Å². The molecule has 2 bridgehead atoms. The van der Waals surface area contributed by atoms with Gasteiger partial charge in [-0.2, -0.15) is 0 Å². The minimum Gasteiger partial charge on any atom is -0.507 e. The highest BCUT2D eigenvalue weighted by Crippen LogP contribution is 2.60. The van der Waals surface area contributed by atoms with Gasteiger partial charge in [0, 0.05) is 35.9 Å². The van der Waals surface area contributed by atoms with Gasteiger partial charge in [0.05, 0.1) is 11.2 Å². The van der Waals surface area contributed by atoms with Crippen LogP contribution in [0.1, 0.15) is 66.9 Å². The van der Waals surface area contributed by atoms with Crippen molar-refractivity contribution in [1.29, 1.82) is 0 Å². The SMILES string of the molecule is C[C@H](C1CC1)N1CCC23CC(=O)CCC2(O)C1Cc1ccc(C(N)=O)c(O)c13. The third-order valence-electron chi connectivity index (χ3n) is 8.11. The number of primary amides is 1. The number of benzene rings is 1. The monoisotopic (exact) mass is 384 g/mol. The molecule has 0 radical (unpaired) electrons. The summed E-state index contributed by atoms with van der Waals surface area (Å²) in [6.45, 7) is 3.04. The number of amides is 1. The number of ketones is 1. The van der Waals surface area contributed by atoms with Gasteiger partial charge < -0.3 is 15.9 Å². The van der Waals surface area contributed by atoms with Crippen molar-refractivity contribution in [2.24, 2.45) is 11.7 Å². The van der Waals surface area contributed by atoms with E-state index in [2.05, 4.69) is 11.8 Å². The second-order valence-electron chi connectivity index (χ2n) is 9.37. The summed E-state index contributed by atoms with van der Waals surface area (Å²) < 4.78 is 0. The Labute approximate surface area is 164 Å². The molecule has 6 nitrogen and oxygen atoms in total. The van der Waals surface area contributed by atoms with Crippen LogP contribution < -0.4 is 5.73 Å². The average molecular weight is 384 g/mol. The smallest absolute Gasteiger partial charge is 0.252 e. The first kappa shape index (κ1) is 18.1. The minimum absolute atomic E-state index is 0.0701. The molecule has 1 amide bonds. The average Bonchev–Trinajstić information content (AvgIpc) is 3.46. The van der Waals surface area contributed by atoms with Gasteiger partial charge >= 0.3 is 0 Å². The van der Waals surface area contributed by atoms with Crippen LogP contribution in [0, 0.1) is 5.92 Å². The molecule has 6 heteroatoms. The number of phenols is 1. The van der Waals surface area contributed by atoms with Gasteiger partial charge in [-0.3, -0.25) is 14.5 Å². The Balaban J connectivity index is 1.70. The Hall–Kier alpha value is -1.92. The van der Waals surface area contributed by atoms with E-state index in [1.165, 1.54) is 12.8 Å². The van der Waals surface area contributed by atoms with Crippen molar-refractivity contribution in [3.63, 3.8) is 0 Å². The standard InChI is InChI=1S/C22H28N2O4/c1-12(13-2-3-13)24-9-8-21-11-15(25)6-7-22(21,28)17(24)10-14-4-5-16(20(23)27)19(26)18(14)21/h4-5,12-13,17,26,28H,2-3,6-11H2,1H3,(H2,23,27)/t12-,17?,21?,22?/m1/s1. The molecule has 4 N–H and O–H groups in total. The lowest BCUT2D eigenvalue weighted by atomic mass is 9.49. The maximum absolute atomic E-state index is 12.5. The van der Waals surface area contributed by atoms with Gasteiger partial charge in [0.1, 0.15) is 11.5 Å². The predicted octanol–water partition coefficient (Wildman–Crippen LogP) is 1.64. The first-order valence-electron chi connectivity index (χ1n) is 10.4. The second-order valence-corrected chi connectivity index (χ2v) is 9.37. The molecule has 28 heavy (non-hydrogen) atoms. The summed E-state index contributed by atoms with van der Waals surface area (Å²) in [5.41, 5.74) is 5.14. The van der Waals surface area contributed by atoms with Gasteiger partial charge in [0.15, 0.2) is 0 Å². The molecule has 4 aliphatic rings. The normalized spacial score (nSPS) is 35.8. The van der Waals surface area contributed by atoms with Crippen molar-refractivity contribution in [2.45, 2.75) is 75.0 Å². The first-order chi connectivity index (χ1) is 13.3. The molecule has 0 spiro atoms. The Bertz CT molecular complexity index is 880. The summed E-state index contributed by atoms with van der Waals surface area (Å²) in [7, 11) is 0. The Morgan fingerprint density at radius 1 is 1.32 bits per heavy atom. The number of nitrogens with zero attached hydrogens (tertiary/aromatic N) is 1. The highest BCUT2D eigenvalue weighted by molar-refractivity contribution is 5.96. The van der Waals surface area contributed by atoms with Crippen LogP contribution in [0.4, 0.5) is 0 Å². The molecule has 1 aliphatic heterocycles. The van der Waals surface area contributed by atoms with E-state index in [9.17, 15) is 19.8 Å². The Morgan fingerprint density at radius 2 is 2.07 bits per heavy atom. The number of carbonyl (C=O) groups is 2. The fourth-order valence-corrected chi connectivity index (χ4v) is 6.48. The number of hydrogen-bond donors (Lipinski definition) is 3. The summed E-state index contributed by atoms with van der Waals surface area (Å²) >= 11 is 0. The summed E-state index contributed by atoms with van der Waals surface area (Å²) in [4.78, 5) is 26.8. The van der Waals surface area contributed by atoms with E-state index in [1.807, 2.05) is 6.07 Å². The van der Waals surface area contributed by atoms with Gasteiger partial charge in [-0.1, -0.05) is 6.07 Å². The van der Waals surface area contributed by atoms with E-state index in [1.54, 1.807) is 6.07 Å². The fourth-order valence-electron chi connectivity index (χ4n) is 6.48. The number of aliphatic hydroxyl groups is 1. The van der Waals surface area contributed by atoms with Crippen molar-refractivity contribution in [1.82, 2.24) is 4.90 Å². The topological polar surface area (TPSA) is 104 Å². The van der Waals surface area contributed by atoms with Crippen LogP contribution in [0.25, 0.3) is 0 Å². The minimum atomic E-state index is -1.08. The van der Waals surface area contributed by atoms with Crippen molar-refractivity contribution < 1.29 is 19.8 Å². The highest BCUT2D eigenvalue weighted by Gasteiger charge is 2.66. The number of nitrogens with two attached hydrogens (primary N) is 1. The summed E-state index contributed by atoms with van der Waals surface area (Å²) in [5, 5.41) is 23.1. The van der Waals surface area contributed by atoms with Crippen LogP contribution in [0.15, 0.2) is 12.1 Å². The van der Waals surface area contributed by atoms with Gasteiger partial charge in [-0.25, -0.2) is 0 Å². The molecular formula is C22H28N2O4. The second kappa shape index (κ2) is 5.80. The van der Waals surface area contributed by atoms with Crippen molar-refractivity contribution >= 4 is 11.7 Å². The molecule has 3 unspecified atom stereocenters. The third-order valence-corrected chi connectivity index (χ3v) is 8.11. The van der Waals surface area contributed by atoms with E-state index in [4.69, 9.17) is 5.73 Å². The molecule has 2 saturated carbocycles. The lowest BCUT2D eigenvalue weighted by Gasteiger charge is -2.64. The molecule has 1 aromatic rings. The van der Waals surface area contributed by atoms with Gasteiger partial charge in [-0.05, 0) is 63.1 Å². The summed E-state index contributed by atoms with van der Waals surface area (Å²) in [5.74, 6) is -0.0261. The lowest BCUT2D eigenvalue weighted by molar-refractivity contribution is -0.179. The van der Waals surface area contributed by atoms with Crippen LogP contribution in [-0.2, 0) is 16.6 Å². The maximum atomic E-state index is 12.5. The molecule has 0 aromatic heterocycles.